The number of allylic oxidation sites excluding steroid dienone is 6. The average Bonchev–Trinajstić information content (AvgIpc) is 3.23. The SMILES string of the molecule is CCCCC/C=C\C/C=C\CCCCCCCC(=O)OC(COC(=O)CCCCCCCCC)COC(=O)CCCCCCCCCCC/C=C\CCCCCCCC. The number of rotatable bonds is 46. The molecule has 6 nitrogen and oxygen atoms in total. The van der Waals surface area contributed by atoms with Gasteiger partial charge in [0.2, 0.25) is 0 Å². The third-order valence-corrected chi connectivity index (χ3v) is 11.1. The molecule has 0 fully saturated rings. The second-order valence-corrected chi connectivity index (χ2v) is 17.1. The van der Waals surface area contributed by atoms with Crippen molar-refractivity contribution in [1.82, 2.24) is 0 Å². The van der Waals surface area contributed by atoms with Crippen LogP contribution >= 0.6 is 0 Å². The van der Waals surface area contributed by atoms with E-state index >= 15 is 0 Å². The van der Waals surface area contributed by atoms with Crippen molar-refractivity contribution in [2.75, 3.05) is 13.2 Å². The minimum Gasteiger partial charge on any atom is -0.462 e. The van der Waals surface area contributed by atoms with Gasteiger partial charge in [0, 0.05) is 19.3 Å². The van der Waals surface area contributed by atoms with Gasteiger partial charge in [0.05, 0.1) is 0 Å². The van der Waals surface area contributed by atoms with Gasteiger partial charge in [0.15, 0.2) is 6.10 Å². The molecule has 0 N–H and O–H groups in total. The largest absolute Gasteiger partial charge is 0.462 e. The lowest BCUT2D eigenvalue weighted by atomic mass is 10.1. The maximum absolute atomic E-state index is 12.7. The second-order valence-electron chi connectivity index (χ2n) is 17.1. The predicted molar refractivity (Wildman–Crippen MR) is 252 cm³/mol. The molecule has 6 heteroatoms. The fourth-order valence-corrected chi connectivity index (χ4v) is 7.23. The van der Waals surface area contributed by atoms with E-state index in [4.69, 9.17) is 14.2 Å². The minimum atomic E-state index is -0.774. The Hall–Kier alpha value is -2.37. The van der Waals surface area contributed by atoms with E-state index in [0.29, 0.717) is 19.3 Å². The monoisotopic (exact) mass is 829 g/mol. The molecule has 0 spiro atoms. The lowest BCUT2D eigenvalue weighted by Gasteiger charge is -2.18. The lowest BCUT2D eigenvalue weighted by molar-refractivity contribution is -0.167. The quantitative estimate of drug-likeness (QED) is 0.0263. The van der Waals surface area contributed by atoms with E-state index in [-0.39, 0.29) is 31.1 Å². The standard InChI is InChI=1S/C53H96O6/c1-4-7-10-13-16-18-20-22-24-25-26-27-29-30-32-34-37-40-43-46-52(55)58-49-50(48-57-51(54)45-42-39-36-15-12-9-6-3)59-53(56)47-44-41-38-35-33-31-28-23-21-19-17-14-11-8-5-2/h17,19,22-24,28,50H,4-16,18,20-21,25-27,29-49H2,1-3H3/b19-17-,24-22-,28-23-. The number of ether oxygens (including phenoxy) is 3. The Balaban J connectivity index is 4.25. The zero-order valence-corrected chi connectivity index (χ0v) is 39.3. The molecule has 0 rings (SSSR count). The molecule has 0 aromatic rings. The summed E-state index contributed by atoms with van der Waals surface area (Å²) in [5, 5.41) is 0. The van der Waals surface area contributed by atoms with Crippen molar-refractivity contribution in [3.63, 3.8) is 0 Å². The van der Waals surface area contributed by atoms with Crippen molar-refractivity contribution in [1.29, 1.82) is 0 Å². The van der Waals surface area contributed by atoms with Crippen LogP contribution in [0.2, 0.25) is 0 Å². The molecule has 344 valence electrons. The highest BCUT2D eigenvalue weighted by Gasteiger charge is 2.19. The Morgan fingerprint density at radius 2 is 0.610 bits per heavy atom. The summed E-state index contributed by atoms with van der Waals surface area (Å²) >= 11 is 0. The van der Waals surface area contributed by atoms with Gasteiger partial charge < -0.3 is 14.2 Å². The maximum atomic E-state index is 12.7. The van der Waals surface area contributed by atoms with Crippen LogP contribution < -0.4 is 0 Å². The molecule has 1 atom stereocenters. The molecule has 0 aliphatic rings. The molecule has 0 saturated heterocycles. The van der Waals surface area contributed by atoms with Gasteiger partial charge in [0.25, 0.3) is 0 Å². The van der Waals surface area contributed by atoms with Crippen molar-refractivity contribution in [2.45, 2.75) is 271 Å². The summed E-state index contributed by atoms with van der Waals surface area (Å²) < 4.78 is 16.7. The first kappa shape index (κ1) is 56.6. The summed E-state index contributed by atoms with van der Waals surface area (Å²) in [5.41, 5.74) is 0. The fraction of sp³-hybridized carbons (Fsp3) is 0.830. The molecule has 0 aliphatic heterocycles. The number of carbonyl (C=O) groups excluding carboxylic acids is 3. The summed E-state index contributed by atoms with van der Waals surface area (Å²) in [6, 6.07) is 0. The molecule has 59 heavy (non-hydrogen) atoms. The highest BCUT2D eigenvalue weighted by molar-refractivity contribution is 5.71. The smallest absolute Gasteiger partial charge is 0.306 e. The van der Waals surface area contributed by atoms with Crippen molar-refractivity contribution in [3.05, 3.63) is 36.5 Å². The number of unbranched alkanes of at least 4 members (excludes halogenated alkanes) is 29. The molecule has 0 bridgehead atoms. The number of hydrogen-bond acceptors (Lipinski definition) is 6. The van der Waals surface area contributed by atoms with Gasteiger partial charge in [-0.15, -0.1) is 0 Å². The Labute approximate surface area is 365 Å². The van der Waals surface area contributed by atoms with Gasteiger partial charge in [-0.3, -0.25) is 14.4 Å². The Morgan fingerprint density at radius 3 is 0.983 bits per heavy atom. The van der Waals surface area contributed by atoms with Gasteiger partial charge in [-0.25, -0.2) is 0 Å². The van der Waals surface area contributed by atoms with Crippen LogP contribution in [0.3, 0.4) is 0 Å². The van der Waals surface area contributed by atoms with Crippen molar-refractivity contribution < 1.29 is 28.6 Å². The molecule has 0 heterocycles. The van der Waals surface area contributed by atoms with E-state index in [1.165, 1.54) is 141 Å². The van der Waals surface area contributed by atoms with Crippen LogP contribution in [-0.4, -0.2) is 37.2 Å². The average molecular weight is 829 g/mol. The normalized spacial score (nSPS) is 12.3. The molecule has 1 unspecified atom stereocenters. The van der Waals surface area contributed by atoms with Gasteiger partial charge in [-0.05, 0) is 77.0 Å². The van der Waals surface area contributed by atoms with Gasteiger partial charge in [-0.1, -0.05) is 205 Å². The van der Waals surface area contributed by atoms with Gasteiger partial charge in [0.1, 0.15) is 13.2 Å². The first-order chi connectivity index (χ1) is 29.0. The molecule has 0 amide bonds. The Bertz CT molecular complexity index is 1000. The van der Waals surface area contributed by atoms with Crippen LogP contribution in [0.25, 0.3) is 0 Å². The third-order valence-electron chi connectivity index (χ3n) is 11.1. The van der Waals surface area contributed by atoms with E-state index in [2.05, 4.69) is 57.2 Å². The number of carbonyl (C=O) groups is 3. The van der Waals surface area contributed by atoms with Crippen molar-refractivity contribution in [3.8, 4) is 0 Å². The number of hydrogen-bond donors (Lipinski definition) is 0. The van der Waals surface area contributed by atoms with Crippen molar-refractivity contribution in [2.24, 2.45) is 0 Å². The molecule has 0 aromatic carbocycles. The topological polar surface area (TPSA) is 78.9 Å². The van der Waals surface area contributed by atoms with Crippen LogP contribution in [0, 0.1) is 0 Å². The minimum absolute atomic E-state index is 0.0769. The molecular formula is C53H96O6. The van der Waals surface area contributed by atoms with Crippen LogP contribution in [0.5, 0.6) is 0 Å². The summed E-state index contributed by atoms with van der Waals surface area (Å²) in [6.45, 7) is 6.57. The molecule has 0 radical (unpaired) electrons. The fourth-order valence-electron chi connectivity index (χ4n) is 7.23. The Morgan fingerprint density at radius 1 is 0.339 bits per heavy atom. The van der Waals surface area contributed by atoms with Gasteiger partial charge >= 0.3 is 17.9 Å². The van der Waals surface area contributed by atoms with Crippen LogP contribution in [0.15, 0.2) is 36.5 Å². The van der Waals surface area contributed by atoms with Crippen LogP contribution in [0.4, 0.5) is 0 Å². The molecule has 0 aromatic heterocycles. The first-order valence-electron chi connectivity index (χ1n) is 25.5. The van der Waals surface area contributed by atoms with E-state index in [9.17, 15) is 14.4 Å². The summed E-state index contributed by atoms with van der Waals surface area (Å²) in [7, 11) is 0. The van der Waals surface area contributed by atoms with Crippen LogP contribution in [-0.2, 0) is 28.6 Å². The summed E-state index contributed by atoms with van der Waals surface area (Å²) in [6.07, 6.45) is 55.7. The first-order valence-corrected chi connectivity index (χ1v) is 25.5. The summed E-state index contributed by atoms with van der Waals surface area (Å²) in [5.74, 6) is -0.892. The molecular weight excluding hydrogens is 733 g/mol. The zero-order valence-electron chi connectivity index (χ0n) is 39.3. The van der Waals surface area contributed by atoms with E-state index in [1.54, 1.807) is 0 Å². The van der Waals surface area contributed by atoms with E-state index in [1.807, 2.05) is 0 Å². The van der Waals surface area contributed by atoms with E-state index < -0.39 is 6.10 Å². The summed E-state index contributed by atoms with van der Waals surface area (Å²) in [4.78, 5) is 37.8. The third kappa shape index (κ3) is 46.5. The van der Waals surface area contributed by atoms with Crippen LogP contribution in [0.1, 0.15) is 265 Å². The molecule has 0 saturated carbocycles. The van der Waals surface area contributed by atoms with E-state index in [0.717, 1.165) is 83.5 Å². The highest BCUT2D eigenvalue weighted by atomic mass is 16.6. The second kappa shape index (κ2) is 48.3. The zero-order chi connectivity index (χ0) is 43.0. The van der Waals surface area contributed by atoms with Crippen molar-refractivity contribution >= 4 is 17.9 Å². The Kier molecular flexibility index (Phi) is 46.4. The lowest BCUT2D eigenvalue weighted by Crippen LogP contribution is -2.30. The molecule has 0 aliphatic carbocycles. The maximum Gasteiger partial charge on any atom is 0.306 e. The highest BCUT2D eigenvalue weighted by Crippen LogP contribution is 2.15. The predicted octanol–water partition coefficient (Wildman–Crippen LogP) is 16.5. The van der Waals surface area contributed by atoms with Gasteiger partial charge in [-0.2, -0.15) is 0 Å². The number of esters is 3.